The summed E-state index contributed by atoms with van der Waals surface area (Å²) >= 11 is 12.9. The molecule has 10 aromatic carbocycles. The van der Waals surface area contributed by atoms with Crippen molar-refractivity contribution < 1.29 is 0 Å². The van der Waals surface area contributed by atoms with Gasteiger partial charge in [0.25, 0.3) is 0 Å². The van der Waals surface area contributed by atoms with Crippen LogP contribution in [0.15, 0.2) is 259 Å². The van der Waals surface area contributed by atoms with Crippen molar-refractivity contribution in [2.75, 3.05) is 0 Å². The molecule has 1 aliphatic carbocycles. The summed E-state index contributed by atoms with van der Waals surface area (Å²) in [5.41, 5.74) is 11.2. The molecule has 0 spiro atoms. The minimum atomic E-state index is -1.58. The first-order valence-corrected chi connectivity index (χ1v) is 53.2. The molecule has 0 heterocycles. The van der Waals surface area contributed by atoms with Crippen LogP contribution in [0.2, 0.25) is 65.5 Å². The first-order chi connectivity index (χ1) is 41.6. The fourth-order valence-electron chi connectivity index (χ4n) is 10.2. The van der Waals surface area contributed by atoms with E-state index in [1.165, 1.54) is 86.4 Å². The van der Waals surface area contributed by atoms with Crippen LogP contribution in [0.5, 0.6) is 0 Å². The third-order valence-corrected chi connectivity index (χ3v) is 28.1. The van der Waals surface area contributed by atoms with E-state index in [1.807, 2.05) is 0 Å². The monoisotopic (exact) mass is 1390 g/mol. The fraction of sp³-hybridized carbons (Fsp3) is 0.205. The van der Waals surface area contributed by atoms with E-state index in [0.717, 1.165) is 7.04 Å². The van der Waals surface area contributed by atoms with Crippen LogP contribution in [0.4, 0.5) is 0 Å². The highest BCUT2D eigenvalue weighted by molar-refractivity contribution is 8.43. The van der Waals surface area contributed by atoms with E-state index in [2.05, 4.69) is 415 Å². The minimum absolute atomic E-state index is 0.142. The molecule has 1 nitrogen and oxygen atoms in total. The van der Waals surface area contributed by atoms with Crippen molar-refractivity contribution >= 4 is 166 Å². The lowest BCUT2D eigenvalue weighted by Crippen LogP contribution is -2.52. The van der Waals surface area contributed by atoms with Crippen LogP contribution < -0.4 is 31.1 Å². The second-order valence-corrected chi connectivity index (χ2v) is 53.4. The van der Waals surface area contributed by atoms with E-state index < -0.39 is 38.6 Å². The van der Waals surface area contributed by atoms with Gasteiger partial charge in [0, 0.05) is 26.3 Å². The average Bonchev–Trinajstić information content (AvgIpc) is 1.81. The molecular formula is C73H91BNP6S3Si4+. The summed E-state index contributed by atoms with van der Waals surface area (Å²) in [5, 5.41) is 11.7. The molecule has 0 aliphatic heterocycles. The van der Waals surface area contributed by atoms with Gasteiger partial charge in [-0.15, -0.1) is 0 Å². The second-order valence-electron chi connectivity index (χ2n) is 25.1. The van der Waals surface area contributed by atoms with Gasteiger partial charge in [0.05, 0.1) is 25.1 Å². The molecule has 5 unspecified atom stereocenters. The van der Waals surface area contributed by atoms with E-state index in [0.29, 0.717) is 8.42 Å². The smallest absolute Gasteiger partial charge is 0.195 e. The largest absolute Gasteiger partial charge is 0.462 e. The van der Waals surface area contributed by atoms with Crippen molar-refractivity contribution in [2.24, 2.45) is 4.13 Å². The number of aryl methyl sites for hydroxylation is 2. The summed E-state index contributed by atoms with van der Waals surface area (Å²) in [5.74, 6) is 0. The Morgan fingerprint density at radius 1 is 0.432 bits per heavy atom. The molecular weight excluding hydrogens is 1300 g/mol. The normalized spacial score (nSPS) is 12.0. The lowest BCUT2D eigenvalue weighted by molar-refractivity contribution is 0.659. The lowest BCUT2D eigenvalue weighted by Gasteiger charge is -2.24. The zero-order valence-corrected chi connectivity index (χ0v) is 66.8. The molecule has 0 saturated carbocycles. The zero-order chi connectivity index (χ0) is 65.1. The predicted molar refractivity (Wildman–Crippen MR) is 436 cm³/mol. The Morgan fingerprint density at radius 3 is 1.06 bits per heavy atom. The SMILES string of the molecule is C[Si](C)(C)c1ccccc1.C[Si](C)(C)c1ccccc1.C[Si](C)(c1ccccc1)c1ccc(-c2ccccc2)cc1.C[Si](C)(c1ccccc1)c1ccc2ccccc2c1.Cc1ccc2c(c1)C(C)(C)c1cc(C)ccc1-2.PP=S.PPN=S.[B][P+](P)=S. The molecule has 88 heavy (non-hydrogen) atoms. The maximum absolute atomic E-state index is 4.95. The van der Waals surface area contributed by atoms with Crippen LogP contribution in [0.25, 0.3) is 33.0 Å². The number of fused-ring (bicyclic) bond motifs is 4. The predicted octanol–water partition coefficient (Wildman–Crippen LogP) is 20.0. The topological polar surface area (TPSA) is 12.4 Å². The molecule has 2 radical (unpaired) electrons. The van der Waals surface area contributed by atoms with E-state index >= 15 is 0 Å². The average molecular weight is 1390 g/mol. The Kier molecular flexibility index (Phi) is 32.8. The molecule has 5 atom stereocenters. The Labute approximate surface area is 563 Å². The van der Waals surface area contributed by atoms with Crippen molar-refractivity contribution in [2.45, 2.75) is 98.6 Å². The molecule has 15 heteroatoms. The summed E-state index contributed by atoms with van der Waals surface area (Å²) in [4.78, 5) is 0. The second kappa shape index (κ2) is 37.6. The van der Waals surface area contributed by atoms with Crippen LogP contribution in [0.3, 0.4) is 0 Å². The van der Waals surface area contributed by atoms with E-state index in [1.54, 1.807) is 0 Å². The molecule has 0 bridgehead atoms. The first-order valence-electron chi connectivity index (χ1n) is 29.5. The molecule has 1 aliphatic rings. The summed E-state index contributed by atoms with van der Waals surface area (Å²) in [6.07, 6.45) is -0.620. The van der Waals surface area contributed by atoms with Crippen LogP contribution in [0, 0.1) is 13.8 Å². The van der Waals surface area contributed by atoms with Gasteiger partial charge in [-0.25, -0.2) is 0 Å². The molecule has 0 saturated heterocycles. The molecule has 11 rings (SSSR count). The van der Waals surface area contributed by atoms with Crippen molar-refractivity contribution in [3.05, 3.63) is 277 Å². The van der Waals surface area contributed by atoms with Crippen molar-refractivity contribution in [1.82, 2.24) is 0 Å². The van der Waals surface area contributed by atoms with Crippen molar-refractivity contribution in [1.29, 1.82) is 0 Å². The highest BCUT2D eigenvalue weighted by Crippen LogP contribution is 2.49. The maximum Gasteiger partial charge on any atom is 0.462 e. The third kappa shape index (κ3) is 24.3. The van der Waals surface area contributed by atoms with Gasteiger partial charge >= 0.3 is 7.57 Å². The quantitative estimate of drug-likeness (QED) is 0.111. The van der Waals surface area contributed by atoms with Crippen LogP contribution in [0.1, 0.15) is 36.1 Å². The fourth-order valence-corrected chi connectivity index (χ4v) is 17.3. The van der Waals surface area contributed by atoms with Gasteiger partial charge in [0.15, 0.2) is 0 Å². The number of benzene rings is 10. The highest BCUT2D eigenvalue weighted by Gasteiger charge is 2.35. The van der Waals surface area contributed by atoms with Gasteiger partial charge in [0.1, 0.15) is 34.2 Å². The third-order valence-electron chi connectivity index (χ3n) is 15.5. The minimum Gasteiger partial charge on any atom is -0.195 e. The van der Waals surface area contributed by atoms with E-state index in [9.17, 15) is 0 Å². The van der Waals surface area contributed by atoms with Crippen molar-refractivity contribution in [3.63, 3.8) is 0 Å². The van der Waals surface area contributed by atoms with Gasteiger partial charge in [-0.2, -0.15) is 4.13 Å². The Hall–Kier alpha value is -3.83. The Bertz CT molecular complexity index is 3620. The van der Waals surface area contributed by atoms with Gasteiger partial charge in [-0.3, -0.25) is 0 Å². The standard InChI is InChI=1S/C20H20Si.C18H18Si.C17H18.2C9H14Si.BH2P2S.H3NP2S.H2P2S/c1-21(2,19-11-7-4-8-12-19)20-15-13-18(14-16-20)17-9-5-3-6-10-17;1-19(2,17-10-4-3-5-11-17)18-13-12-15-8-6-7-9-16(15)14-18;1-11-5-7-13-14-8-6-12(2)10-16(14)17(3,4)15(13)9-11;2*1-10(2,3)9-7-5-4-6-8-9;1-3(2)4;2-3-1-4;1-2-3/h3-16H,1-2H3;3-14H,1-2H3;5-10H,1-4H3;2*4-8H,1-3H3;2H2;3H,2H2;1H2/q;;;;;+1;;. The molecule has 0 fully saturated rings. The summed E-state index contributed by atoms with van der Waals surface area (Å²) < 4.78 is 3.31. The maximum atomic E-state index is 4.95. The Morgan fingerprint density at radius 2 is 0.716 bits per heavy atom. The van der Waals surface area contributed by atoms with Crippen LogP contribution in [-0.4, -0.2) is 39.9 Å². The van der Waals surface area contributed by atoms with Gasteiger partial charge in [-0.05, 0) is 65.0 Å². The highest BCUT2D eigenvalue weighted by atomic mass is 32.6. The number of nitrogens with zero attached hydrogens (tertiary/aromatic N) is 1. The number of hydrogen-bond acceptors (Lipinski definition) is 4. The van der Waals surface area contributed by atoms with E-state index in [-0.39, 0.29) is 5.41 Å². The zero-order valence-electron chi connectivity index (χ0n) is 54.1. The summed E-state index contributed by atoms with van der Waals surface area (Å²) in [6.45, 7) is 32.9. The first kappa shape index (κ1) is 76.6. The Balaban J connectivity index is 0.000000231. The van der Waals surface area contributed by atoms with Crippen LogP contribution >= 0.6 is 48.5 Å². The molecule has 0 aromatic heterocycles. The van der Waals surface area contributed by atoms with E-state index in [4.69, 9.17) is 7.57 Å². The molecule has 0 amide bonds. The van der Waals surface area contributed by atoms with Crippen LogP contribution in [-0.2, 0) is 41.5 Å². The number of rotatable bonds is 8. The molecule has 0 N–H and O–H groups in total. The molecule has 454 valence electrons. The number of hydrogen-bond donors (Lipinski definition) is 0. The summed E-state index contributed by atoms with van der Waals surface area (Å²) in [6, 6.07) is 92.2. The van der Waals surface area contributed by atoms with Gasteiger partial charge < -0.3 is 0 Å². The molecule has 10 aromatic rings. The van der Waals surface area contributed by atoms with Crippen molar-refractivity contribution in [3.8, 4) is 22.3 Å². The summed E-state index contributed by atoms with van der Waals surface area (Å²) in [7, 11) is 8.24. The lowest BCUT2D eigenvalue weighted by atomic mass is 9.81. The van der Waals surface area contributed by atoms with Gasteiger partial charge in [0.2, 0.25) is 0 Å². The van der Waals surface area contributed by atoms with Gasteiger partial charge in [-0.1, -0.05) is 406 Å².